The van der Waals surface area contributed by atoms with E-state index in [2.05, 4.69) is 0 Å². The lowest BCUT2D eigenvalue weighted by Gasteiger charge is -1.99. The molecule has 0 radical (unpaired) electrons. The van der Waals surface area contributed by atoms with Crippen LogP contribution in [-0.2, 0) is 9.59 Å². The van der Waals surface area contributed by atoms with Gasteiger partial charge in [-0.25, -0.2) is 4.79 Å². The number of nitrogens with two attached hydrogens (primary N) is 1. The zero-order valence-corrected chi connectivity index (χ0v) is 5.83. The highest BCUT2D eigenvalue weighted by molar-refractivity contribution is 6.32. The third kappa shape index (κ3) is 4.03. The van der Waals surface area contributed by atoms with E-state index < -0.39 is 11.8 Å². The van der Waals surface area contributed by atoms with Gasteiger partial charge in [-0.15, -0.1) is 0 Å². The number of rotatable bonds is 4. The van der Waals surface area contributed by atoms with Gasteiger partial charge in [-0.3, -0.25) is 4.79 Å². The molecule has 0 spiro atoms. The molecule has 0 fully saturated rings. The molecule has 0 heterocycles. The Morgan fingerprint density at radius 2 is 2.10 bits per heavy atom. The van der Waals surface area contributed by atoms with Crippen molar-refractivity contribution in [3.8, 4) is 0 Å². The van der Waals surface area contributed by atoms with Gasteiger partial charge in [0.15, 0.2) is 0 Å². The maximum absolute atomic E-state index is 10.4. The van der Waals surface area contributed by atoms with Crippen molar-refractivity contribution in [3.63, 3.8) is 0 Å². The molecule has 0 aromatic carbocycles. The van der Waals surface area contributed by atoms with Gasteiger partial charge in [0.05, 0.1) is 0 Å². The number of hydrogen-bond acceptors (Lipinski definition) is 3. The fourth-order valence-corrected chi connectivity index (χ4v) is 0.466. The Balaban J connectivity index is 3.50. The van der Waals surface area contributed by atoms with Gasteiger partial charge in [-0.2, -0.15) is 0 Å². The average Bonchev–Trinajstić information content (AvgIpc) is 1.82. The highest BCUT2D eigenvalue weighted by Crippen LogP contribution is 1.93. The fraction of sp³-hybridized carbons (Fsp3) is 0.667. The molecule has 0 saturated carbocycles. The quantitative estimate of drug-likeness (QED) is 0.535. The van der Waals surface area contributed by atoms with E-state index in [4.69, 9.17) is 10.8 Å². The molecule has 0 amide bonds. The number of carboxylic acid groups (broad SMARTS) is 1. The van der Waals surface area contributed by atoms with Crippen molar-refractivity contribution < 1.29 is 14.7 Å². The lowest BCUT2D eigenvalue weighted by Crippen LogP contribution is -2.19. The van der Waals surface area contributed by atoms with Crippen LogP contribution in [0.2, 0.25) is 0 Å². The second-order valence-corrected chi connectivity index (χ2v) is 2.24. The molecular weight excluding hydrogens is 134 g/mol. The maximum atomic E-state index is 10.4. The van der Waals surface area contributed by atoms with Gasteiger partial charge in [-0.1, -0.05) is 0 Å². The topological polar surface area (TPSA) is 80.4 Å². The van der Waals surface area contributed by atoms with Crippen LogP contribution in [0.1, 0.15) is 19.8 Å². The summed E-state index contributed by atoms with van der Waals surface area (Å²) in [6, 6.07) is -0.108. The molecule has 0 aliphatic heterocycles. The Kier molecular flexibility index (Phi) is 3.64. The van der Waals surface area contributed by atoms with Crippen molar-refractivity contribution in [2.45, 2.75) is 25.8 Å². The zero-order valence-electron chi connectivity index (χ0n) is 5.83. The Morgan fingerprint density at radius 1 is 1.60 bits per heavy atom. The van der Waals surface area contributed by atoms with E-state index in [1.54, 1.807) is 6.92 Å². The summed E-state index contributed by atoms with van der Waals surface area (Å²) in [4.78, 5) is 20.3. The number of hydrogen-bond donors (Lipinski definition) is 2. The molecule has 0 aliphatic carbocycles. The second-order valence-electron chi connectivity index (χ2n) is 2.24. The Bertz CT molecular complexity index is 142. The van der Waals surface area contributed by atoms with Gasteiger partial charge in [0.2, 0.25) is 5.78 Å². The van der Waals surface area contributed by atoms with Crippen LogP contribution in [0.25, 0.3) is 0 Å². The molecule has 3 N–H and O–H groups in total. The first-order valence-corrected chi connectivity index (χ1v) is 3.05. The maximum Gasteiger partial charge on any atom is 0.372 e. The van der Waals surface area contributed by atoms with Crippen LogP contribution in [0.4, 0.5) is 0 Å². The summed E-state index contributed by atoms with van der Waals surface area (Å²) in [6.07, 6.45) is 0.470. The van der Waals surface area contributed by atoms with E-state index in [1.165, 1.54) is 0 Å². The first kappa shape index (κ1) is 9.10. The minimum Gasteiger partial charge on any atom is -0.476 e. The van der Waals surface area contributed by atoms with Crippen LogP contribution >= 0.6 is 0 Å². The van der Waals surface area contributed by atoms with E-state index in [0.717, 1.165) is 0 Å². The monoisotopic (exact) mass is 145 g/mol. The summed E-state index contributed by atoms with van der Waals surface area (Å²) in [5, 5.41) is 8.10. The van der Waals surface area contributed by atoms with Crippen molar-refractivity contribution in [2.24, 2.45) is 5.73 Å². The van der Waals surface area contributed by atoms with Crippen LogP contribution in [0, 0.1) is 0 Å². The first-order chi connectivity index (χ1) is 4.54. The van der Waals surface area contributed by atoms with Crippen LogP contribution in [-0.4, -0.2) is 22.9 Å². The smallest absolute Gasteiger partial charge is 0.372 e. The molecule has 0 aromatic heterocycles. The lowest BCUT2D eigenvalue weighted by molar-refractivity contribution is -0.149. The fourth-order valence-electron chi connectivity index (χ4n) is 0.466. The molecule has 0 aliphatic rings. The van der Waals surface area contributed by atoms with E-state index in [9.17, 15) is 9.59 Å². The Morgan fingerprint density at radius 3 is 2.40 bits per heavy atom. The Labute approximate surface area is 59.0 Å². The highest BCUT2D eigenvalue weighted by atomic mass is 16.4. The Hall–Kier alpha value is -0.900. The number of Topliss-reactive ketones (excluding diaryl/α,β-unsaturated/α-hetero) is 1. The van der Waals surface area contributed by atoms with Crippen LogP contribution < -0.4 is 5.73 Å². The minimum absolute atomic E-state index is 0.0347. The second kappa shape index (κ2) is 4.00. The van der Waals surface area contributed by atoms with Gasteiger partial charge in [0.1, 0.15) is 0 Å². The van der Waals surface area contributed by atoms with Crippen LogP contribution in [0.3, 0.4) is 0 Å². The van der Waals surface area contributed by atoms with Crippen molar-refractivity contribution in [1.29, 1.82) is 0 Å². The zero-order chi connectivity index (χ0) is 8.15. The van der Waals surface area contributed by atoms with E-state index in [-0.39, 0.29) is 12.5 Å². The van der Waals surface area contributed by atoms with Crippen LogP contribution in [0.5, 0.6) is 0 Å². The summed E-state index contributed by atoms with van der Waals surface area (Å²) in [6.45, 7) is 1.73. The summed E-state index contributed by atoms with van der Waals surface area (Å²) in [7, 11) is 0. The molecule has 4 heteroatoms. The third-order valence-electron chi connectivity index (χ3n) is 1.07. The largest absolute Gasteiger partial charge is 0.476 e. The molecule has 10 heavy (non-hydrogen) atoms. The number of carbonyl (C=O) groups excluding carboxylic acids is 1. The first-order valence-electron chi connectivity index (χ1n) is 3.05. The van der Waals surface area contributed by atoms with Crippen molar-refractivity contribution in [2.75, 3.05) is 0 Å². The molecule has 0 aromatic rings. The van der Waals surface area contributed by atoms with Gasteiger partial charge in [0.25, 0.3) is 0 Å². The normalized spacial score (nSPS) is 12.6. The molecule has 1 atom stereocenters. The van der Waals surface area contributed by atoms with Crippen molar-refractivity contribution >= 4 is 11.8 Å². The summed E-state index contributed by atoms with van der Waals surface area (Å²) >= 11 is 0. The van der Waals surface area contributed by atoms with Crippen LogP contribution in [0.15, 0.2) is 0 Å². The molecule has 0 saturated heterocycles. The highest BCUT2D eigenvalue weighted by Gasteiger charge is 2.10. The average molecular weight is 145 g/mol. The number of carboxylic acids is 1. The summed E-state index contributed by atoms with van der Waals surface area (Å²) in [5.74, 6) is -2.14. The van der Waals surface area contributed by atoms with Crippen molar-refractivity contribution in [3.05, 3.63) is 0 Å². The number of ketones is 1. The van der Waals surface area contributed by atoms with E-state index >= 15 is 0 Å². The van der Waals surface area contributed by atoms with Gasteiger partial charge < -0.3 is 10.8 Å². The van der Waals surface area contributed by atoms with Gasteiger partial charge in [-0.05, 0) is 13.3 Å². The molecule has 4 nitrogen and oxygen atoms in total. The van der Waals surface area contributed by atoms with E-state index in [0.29, 0.717) is 6.42 Å². The van der Waals surface area contributed by atoms with Gasteiger partial charge >= 0.3 is 5.97 Å². The molecule has 1 unspecified atom stereocenters. The number of carbonyl (C=O) groups is 2. The standard InChI is InChI=1S/C6H11NO3/c1-4(7)2-3-5(8)6(9)10/h4H,2-3,7H2,1H3,(H,9,10). The molecule has 0 rings (SSSR count). The lowest BCUT2D eigenvalue weighted by atomic mass is 10.1. The molecule has 58 valence electrons. The number of aliphatic carboxylic acids is 1. The predicted molar refractivity (Wildman–Crippen MR) is 35.5 cm³/mol. The third-order valence-corrected chi connectivity index (χ3v) is 1.07. The molecular formula is C6H11NO3. The SMILES string of the molecule is CC(N)CCC(=O)C(=O)O. The van der Waals surface area contributed by atoms with Gasteiger partial charge in [0, 0.05) is 12.5 Å². The summed E-state index contributed by atoms with van der Waals surface area (Å²) in [5.41, 5.74) is 5.30. The predicted octanol–water partition coefficient (Wildman–Crippen LogP) is -0.232. The van der Waals surface area contributed by atoms with E-state index in [1.807, 2.05) is 0 Å². The summed E-state index contributed by atoms with van der Waals surface area (Å²) < 4.78 is 0. The minimum atomic E-state index is -1.37. The van der Waals surface area contributed by atoms with Crippen molar-refractivity contribution in [1.82, 2.24) is 0 Å². The molecule has 0 bridgehead atoms.